The molecule has 2 atom stereocenters. The molecule has 1 aliphatic rings. The molecule has 2 aromatic rings. The standard InChI is InChI=1S/C25H32N4O5/c1-17(2)11-21(28-25(33)34-16-18-7-4-3-5-8-18)22(30)13-20-12-19-14-27-29(15-19)10-6-9-26-24(32)23(20)31/h3-5,7-8,14-15,17,20-21H,6,9-13,16H2,1-2H3,(H,26,32)(H,28,33). The highest BCUT2D eigenvalue weighted by Gasteiger charge is 2.32. The quantitative estimate of drug-likeness (QED) is 0.575. The van der Waals surface area contributed by atoms with Crippen LogP contribution in [0.3, 0.4) is 0 Å². The van der Waals surface area contributed by atoms with Gasteiger partial charge in [0.05, 0.1) is 12.2 Å². The first-order valence-electron chi connectivity index (χ1n) is 11.6. The van der Waals surface area contributed by atoms with E-state index in [9.17, 15) is 19.2 Å². The van der Waals surface area contributed by atoms with Crippen molar-refractivity contribution in [2.24, 2.45) is 11.8 Å². The van der Waals surface area contributed by atoms with Gasteiger partial charge in [-0.1, -0.05) is 44.2 Å². The second-order valence-electron chi connectivity index (χ2n) is 9.05. The summed E-state index contributed by atoms with van der Waals surface area (Å²) in [6, 6.07) is 8.42. The molecule has 9 nitrogen and oxygen atoms in total. The van der Waals surface area contributed by atoms with Crippen molar-refractivity contribution in [2.75, 3.05) is 6.54 Å². The zero-order valence-electron chi connectivity index (χ0n) is 19.7. The third-order valence-electron chi connectivity index (χ3n) is 5.66. The third-order valence-corrected chi connectivity index (χ3v) is 5.66. The van der Waals surface area contributed by atoms with E-state index < -0.39 is 29.7 Å². The number of ketones is 2. The smallest absolute Gasteiger partial charge is 0.408 e. The largest absolute Gasteiger partial charge is 0.445 e. The van der Waals surface area contributed by atoms with Gasteiger partial charge in [0.15, 0.2) is 5.78 Å². The van der Waals surface area contributed by atoms with E-state index in [1.165, 1.54) is 0 Å². The lowest BCUT2D eigenvalue weighted by Gasteiger charge is -2.22. The van der Waals surface area contributed by atoms with Crippen LogP contribution in [0.1, 0.15) is 44.2 Å². The minimum Gasteiger partial charge on any atom is -0.445 e. The van der Waals surface area contributed by atoms with Gasteiger partial charge >= 0.3 is 6.09 Å². The lowest BCUT2D eigenvalue weighted by molar-refractivity contribution is -0.141. The molecular formula is C25H32N4O5. The van der Waals surface area contributed by atoms with Crippen LogP contribution >= 0.6 is 0 Å². The van der Waals surface area contributed by atoms with Gasteiger partial charge in [-0.05, 0) is 36.3 Å². The molecule has 1 aliphatic heterocycles. The number of carbonyl (C=O) groups excluding carboxylic acids is 4. The van der Waals surface area contributed by atoms with Crippen LogP contribution in [-0.4, -0.2) is 45.9 Å². The molecule has 0 saturated heterocycles. The van der Waals surface area contributed by atoms with Gasteiger partial charge < -0.3 is 15.4 Å². The van der Waals surface area contributed by atoms with Gasteiger partial charge in [-0.25, -0.2) is 4.79 Å². The number of hydrogen-bond donors (Lipinski definition) is 2. The van der Waals surface area contributed by atoms with Crippen LogP contribution in [0, 0.1) is 11.8 Å². The molecule has 0 saturated carbocycles. The highest BCUT2D eigenvalue weighted by atomic mass is 16.5. The van der Waals surface area contributed by atoms with Crippen molar-refractivity contribution in [2.45, 2.75) is 58.7 Å². The highest BCUT2D eigenvalue weighted by molar-refractivity contribution is 6.37. The second-order valence-corrected chi connectivity index (χ2v) is 9.05. The van der Waals surface area contributed by atoms with Gasteiger partial charge in [-0.15, -0.1) is 0 Å². The average Bonchev–Trinajstić information content (AvgIpc) is 3.25. The summed E-state index contributed by atoms with van der Waals surface area (Å²) >= 11 is 0. The second kappa shape index (κ2) is 12.1. The molecule has 2 heterocycles. The molecule has 0 fully saturated rings. The van der Waals surface area contributed by atoms with Crippen LogP contribution in [-0.2, 0) is 38.7 Å². The van der Waals surface area contributed by atoms with Gasteiger partial charge in [0.1, 0.15) is 6.61 Å². The van der Waals surface area contributed by atoms with E-state index in [2.05, 4.69) is 15.7 Å². The maximum Gasteiger partial charge on any atom is 0.408 e. The molecular weight excluding hydrogens is 436 g/mol. The molecule has 0 radical (unpaired) electrons. The Hall–Kier alpha value is -3.49. The van der Waals surface area contributed by atoms with Crippen molar-refractivity contribution >= 4 is 23.6 Å². The summed E-state index contributed by atoms with van der Waals surface area (Å²) in [5.74, 6) is -2.33. The SMILES string of the molecule is CC(C)CC(NC(=O)OCc1ccccc1)C(=O)CC1Cc2cnn(c2)CCCNC(=O)C1=O. The number of Topliss-reactive ketones (excluding diaryl/α,β-unsaturated/α-hetero) is 2. The van der Waals surface area contributed by atoms with E-state index >= 15 is 0 Å². The number of benzene rings is 1. The van der Waals surface area contributed by atoms with E-state index in [-0.39, 0.29) is 31.1 Å². The number of aromatic nitrogens is 2. The Labute approximate surface area is 199 Å². The Bertz CT molecular complexity index is 1000. The number of nitrogens with one attached hydrogen (secondary N) is 2. The summed E-state index contributed by atoms with van der Waals surface area (Å²) in [7, 11) is 0. The van der Waals surface area contributed by atoms with E-state index in [1.54, 1.807) is 10.9 Å². The molecule has 1 aromatic carbocycles. The van der Waals surface area contributed by atoms with Crippen molar-refractivity contribution in [3.05, 3.63) is 53.9 Å². The Balaban J connectivity index is 1.68. The molecule has 2 N–H and O–H groups in total. The molecule has 3 rings (SSSR count). The van der Waals surface area contributed by atoms with E-state index in [1.807, 2.05) is 50.4 Å². The minimum absolute atomic E-state index is 0.0839. The van der Waals surface area contributed by atoms with Crippen molar-refractivity contribution in [3.63, 3.8) is 0 Å². The highest BCUT2D eigenvalue weighted by Crippen LogP contribution is 2.18. The van der Waals surface area contributed by atoms with Gasteiger partial charge in [0.2, 0.25) is 5.78 Å². The molecule has 1 aromatic heterocycles. The van der Waals surface area contributed by atoms with E-state index in [0.717, 1.165) is 11.1 Å². The van der Waals surface area contributed by atoms with Crippen LogP contribution < -0.4 is 10.6 Å². The number of amides is 2. The number of ether oxygens (including phenoxy) is 1. The fourth-order valence-corrected chi connectivity index (χ4v) is 3.93. The molecule has 2 bridgehead atoms. The van der Waals surface area contributed by atoms with Crippen LogP contribution in [0.2, 0.25) is 0 Å². The maximum absolute atomic E-state index is 13.2. The number of fused-ring (bicyclic) bond motifs is 2. The van der Waals surface area contributed by atoms with Gasteiger partial charge in [-0.2, -0.15) is 5.10 Å². The molecule has 0 spiro atoms. The predicted octanol–water partition coefficient (Wildman–Crippen LogP) is 2.43. The minimum atomic E-state index is -0.833. The molecule has 9 heteroatoms. The average molecular weight is 469 g/mol. The number of aryl methyl sites for hydroxylation is 1. The lowest BCUT2D eigenvalue weighted by Crippen LogP contribution is -2.44. The first kappa shape index (κ1) is 25.1. The van der Waals surface area contributed by atoms with Crippen molar-refractivity contribution in [3.8, 4) is 0 Å². The number of nitrogens with zero attached hydrogens (tertiary/aromatic N) is 2. The summed E-state index contributed by atoms with van der Waals surface area (Å²) in [4.78, 5) is 50.8. The number of carbonyl (C=O) groups is 4. The molecule has 182 valence electrons. The van der Waals surface area contributed by atoms with Crippen LogP contribution in [0.4, 0.5) is 4.79 Å². The van der Waals surface area contributed by atoms with E-state index in [0.29, 0.717) is 25.9 Å². The van der Waals surface area contributed by atoms with Crippen LogP contribution in [0.25, 0.3) is 0 Å². The topological polar surface area (TPSA) is 119 Å². The normalized spacial score (nSPS) is 17.4. The number of alkyl carbamates (subject to hydrolysis) is 1. The lowest BCUT2D eigenvalue weighted by atomic mass is 9.87. The van der Waals surface area contributed by atoms with E-state index in [4.69, 9.17) is 4.74 Å². The zero-order chi connectivity index (χ0) is 24.5. The Morgan fingerprint density at radius 2 is 2.00 bits per heavy atom. The van der Waals surface area contributed by atoms with Gasteiger partial charge in [-0.3, -0.25) is 19.1 Å². The fourth-order valence-electron chi connectivity index (χ4n) is 3.93. The predicted molar refractivity (Wildman–Crippen MR) is 125 cm³/mol. The summed E-state index contributed by atoms with van der Waals surface area (Å²) in [5, 5.41) is 9.57. The van der Waals surface area contributed by atoms with Crippen molar-refractivity contribution in [1.82, 2.24) is 20.4 Å². The van der Waals surface area contributed by atoms with Gasteiger partial charge in [0, 0.05) is 31.6 Å². The number of hydrogen-bond acceptors (Lipinski definition) is 6. The molecule has 2 unspecified atom stereocenters. The third kappa shape index (κ3) is 7.54. The van der Waals surface area contributed by atoms with Crippen molar-refractivity contribution < 1.29 is 23.9 Å². The Morgan fingerprint density at radius 3 is 2.74 bits per heavy atom. The van der Waals surface area contributed by atoms with Gasteiger partial charge in [0.25, 0.3) is 5.91 Å². The molecule has 34 heavy (non-hydrogen) atoms. The monoisotopic (exact) mass is 468 g/mol. The van der Waals surface area contributed by atoms with Crippen LogP contribution in [0.15, 0.2) is 42.7 Å². The maximum atomic E-state index is 13.2. The fraction of sp³-hybridized carbons (Fsp3) is 0.480. The molecule has 2 amide bonds. The Kier molecular flexibility index (Phi) is 8.95. The first-order chi connectivity index (χ1) is 16.3. The first-order valence-corrected chi connectivity index (χ1v) is 11.6. The summed E-state index contributed by atoms with van der Waals surface area (Å²) in [5.41, 5.74) is 1.62. The summed E-state index contributed by atoms with van der Waals surface area (Å²) < 4.78 is 7.04. The molecule has 0 aliphatic carbocycles. The zero-order valence-corrected chi connectivity index (χ0v) is 19.7. The summed E-state index contributed by atoms with van der Waals surface area (Å²) in [6.45, 7) is 4.95. The van der Waals surface area contributed by atoms with Crippen LogP contribution in [0.5, 0.6) is 0 Å². The number of rotatable bonds is 8. The summed E-state index contributed by atoms with van der Waals surface area (Å²) in [6.07, 6.45) is 3.91. The van der Waals surface area contributed by atoms with Crippen molar-refractivity contribution in [1.29, 1.82) is 0 Å². The Morgan fingerprint density at radius 1 is 1.24 bits per heavy atom.